The van der Waals surface area contributed by atoms with Gasteiger partial charge in [0.05, 0.1) is 6.61 Å². The molecule has 74 valence electrons. The Morgan fingerprint density at radius 2 is 2.15 bits per heavy atom. The van der Waals surface area contributed by atoms with Crippen molar-refractivity contribution >= 4 is 0 Å². The van der Waals surface area contributed by atoms with Gasteiger partial charge in [-0.3, -0.25) is 0 Å². The van der Waals surface area contributed by atoms with E-state index in [0.29, 0.717) is 5.92 Å². The number of ether oxygens (including phenoxy) is 1. The fraction of sp³-hybridized carbons (Fsp3) is 0.667. The van der Waals surface area contributed by atoms with Gasteiger partial charge in [-0.2, -0.15) is 0 Å². The average Bonchev–Trinajstić information content (AvgIpc) is 2.04. The van der Waals surface area contributed by atoms with Crippen LogP contribution in [0.5, 0.6) is 0 Å². The first-order chi connectivity index (χ1) is 6.04. The number of allylic oxidation sites excluding steroid dienone is 3. The zero-order valence-electron chi connectivity index (χ0n) is 9.13. The first-order valence-corrected chi connectivity index (χ1v) is 4.92. The van der Waals surface area contributed by atoms with Crippen molar-refractivity contribution in [2.75, 3.05) is 13.7 Å². The predicted molar refractivity (Wildman–Crippen MR) is 56.7 cm³/mol. The van der Waals surface area contributed by atoms with Crippen LogP contribution in [-0.2, 0) is 4.74 Å². The van der Waals surface area contributed by atoms with E-state index in [0.717, 1.165) is 13.0 Å². The summed E-state index contributed by atoms with van der Waals surface area (Å²) < 4.78 is 5.16. The molecule has 0 saturated heterocycles. The van der Waals surface area contributed by atoms with E-state index in [4.69, 9.17) is 4.74 Å². The zero-order chi connectivity index (χ0) is 9.90. The van der Waals surface area contributed by atoms with E-state index >= 15 is 0 Å². The second-order valence-electron chi connectivity index (χ2n) is 4.73. The van der Waals surface area contributed by atoms with Gasteiger partial charge in [0.2, 0.25) is 0 Å². The van der Waals surface area contributed by atoms with Crippen LogP contribution in [0, 0.1) is 11.3 Å². The summed E-state index contributed by atoms with van der Waals surface area (Å²) in [5.41, 5.74) is 1.70. The molecule has 1 heteroatoms. The third-order valence-electron chi connectivity index (χ3n) is 2.40. The third-order valence-corrected chi connectivity index (χ3v) is 2.40. The number of hydrogen-bond acceptors (Lipinski definition) is 1. The summed E-state index contributed by atoms with van der Waals surface area (Å²) >= 11 is 0. The lowest BCUT2D eigenvalue weighted by molar-refractivity contribution is 0.169. The summed E-state index contributed by atoms with van der Waals surface area (Å²) in [7, 11) is 1.77. The van der Waals surface area contributed by atoms with Crippen molar-refractivity contribution in [3.8, 4) is 0 Å². The van der Waals surface area contributed by atoms with Gasteiger partial charge in [-0.15, -0.1) is 0 Å². The molecule has 13 heavy (non-hydrogen) atoms. The first-order valence-electron chi connectivity index (χ1n) is 4.92. The summed E-state index contributed by atoms with van der Waals surface area (Å²) in [6.45, 7) is 7.58. The maximum Gasteiger partial charge on any atom is 0.0528 e. The van der Waals surface area contributed by atoms with Crippen molar-refractivity contribution in [3.05, 3.63) is 23.8 Å². The minimum absolute atomic E-state index is 0.267. The van der Waals surface area contributed by atoms with E-state index in [1.165, 1.54) is 5.57 Å². The van der Waals surface area contributed by atoms with E-state index in [-0.39, 0.29) is 5.41 Å². The van der Waals surface area contributed by atoms with E-state index in [1.54, 1.807) is 7.11 Å². The molecule has 1 atom stereocenters. The topological polar surface area (TPSA) is 9.23 Å². The molecule has 1 unspecified atom stereocenters. The second-order valence-corrected chi connectivity index (χ2v) is 4.73. The standard InChI is InChI=1S/C12H20O/c1-12(2,3)11-7-5-6-10(8-11)9-13-4/h5,7-8,10H,6,9H2,1-4H3. The van der Waals surface area contributed by atoms with Crippen LogP contribution in [0.2, 0.25) is 0 Å². The average molecular weight is 180 g/mol. The van der Waals surface area contributed by atoms with Crippen LogP contribution in [0.25, 0.3) is 0 Å². The zero-order valence-corrected chi connectivity index (χ0v) is 9.13. The quantitative estimate of drug-likeness (QED) is 0.634. The lowest BCUT2D eigenvalue weighted by Crippen LogP contribution is -2.14. The second kappa shape index (κ2) is 4.10. The highest BCUT2D eigenvalue weighted by molar-refractivity contribution is 5.28. The molecule has 0 bridgehead atoms. The van der Waals surface area contributed by atoms with Gasteiger partial charge < -0.3 is 4.74 Å². The van der Waals surface area contributed by atoms with Gasteiger partial charge >= 0.3 is 0 Å². The molecule has 0 aromatic carbocycles. The number of methoxy groups -OCH3 is 1. The van der Waals surface area contributed by atoms with Gasteiger partial charge in [0, 0.05) is 13.0 Å². The first kappa shape index (κ1) is 10.5. The monoisotopic (exact) mass is 180 g/mol. The Kier molecular flexibility index (Phi) is 3.32. The number of rotatable bonds is 2. The van der Waals surface area contributed by atoms with Crippen molar-refractivity contribution in [3.63, 3.8) is 0 Å². The lowest BCUT2D eigenvalue weighted by atomic mass is 9.81. The molecule has 0 spiro atoms. The van der Waals surface area contributed by atoms with Gasteiger partial charge in [0.15, 0.2) is 0 Å². The maximum absolute atomic E-state index is 5.16. The molecular weight excluding hydrogens is 160 g/mol. The van der Waals surface area contributed by atoms with E-state index in [1.807, 2.05) is 0 Å². The Labute approximate surface area is 81.5 Å². The highest BCUT2D eigenvalue weighted by atomic mass is 16.5. The Hall–Kier alpha value is -0.560. The smallest absolute Gasteiger partial charge is 0.0528 e. The fourth-order valence-electron chi connectivity index (χ4n) is 1.58. The number of hydrogen-bond donors (Lipinski definition) is 0. The minimum Gasteiger partial charge on any atom is -0.384 e. The molecule has 0 aliphatic heterocycles. The normalized spacial score (nSPS) is 23.1. The molecule has 0 aromatic rings. The van der Waals surface area contributed by atoms with Gasteiger partial charge in [0.1, 0.15) is 0 Å². The van der Waals surface area contributed by atoms with Gasteiger partial charge in [-0.25, -0.2) is 0 Å². The van der Waals surface area contributed by atoms with Crippen molar-refractivity contribution in [2.45, 2.75) is 27.2 Å². The van der Waals surface area contributed by atoms with Crippen molar-refractivity contribution in [2.24, 2.45) is 11.3 Å². The van der Waals surface area contributed by atoms with Crippen molar-refractivity contribution < 1.29 is 4.74 Å². The largest absolute Gasteiger partial charge is 0.384 e. The Morgan fingerprint density at radius 3 is 2.69 bits per heavy atom. The Bertz CT molecular complexity index is 218. The molecule has 0 N–H and O–H groups in total. The van der Waals surface area contributed by atoms with E-state index < -0.39 is 0 Å². The molecule has 0 heterocycles. The molecule has 0 amide bonds. The van der Waals surface area contributed by atoms with Crippen LogP contribution < -0.4 is 0 Å². The SMILES string of the molecule is COCC1C=C(C(C)(C)C)C=CC1. The maximum atomic E-state index is 5.16. The van der Waals surface area contributed by atoms with Crippen molar-refractivity contribution in [1.29, 1.82) is 0 Å². The summed E-state index contributed by atoms with van der Waals surface area (Å²) in [5.74, 6) is 0.573. The van der Waals surface area contributed by atoms with Crippen LogP contribution >= 0.6 is 0 Å². The van der Waals surface area contributed by atoms with E-state index in [2.05, 4.69) is 39.0 Å². The van der Waals surface area contributed by atoms with Gasteiger partial charge in [-0.05, 0) is 17.4 Å². The fourth-order valence-corrected chi connectivity index (χ4v) is 1.58. The van der Waals surface area contributed by atoms with Crippen molar-refractivity contribution in [1.82, 2.24) is 0 Å². The highest BCUT2D eigenvalue weighted by Crippen LogP contribution is 2.31. The van der Waals surface area contributed by atoms with E-state index in [9.17, 15) is 0 Å². The Morgan fingerprint density at radius 1 is 1.46 bits per heavy atom. The molecule has 1 nitrogen and oxygen atoms in total. The molecule has 0 saturated carbocycles. The Balaban J connectivity index is 2.69. The van der Waals surface area contributed by atoms with Crippen LogP contribution in [0.1, 0.15) is 27.2 Å². The molecule has 1 rings (SSSR count). The van der Waals surface area contributed by atoms with Crippen LogP contribution in [0.4, 0.5) is 0 Å². The molecule has 0 fully saturated rings. The minimum atomic E-state index is 0.267. The summed E-state index contributed by atoms with van der Waals surface area (Å²) in [6, 6.07) is 0. The third kappa shape index (κ3) is 3.00. The van der Waals surface area contributed by atoms with Crippen LogP contribution in [0.15, 0.2) is 23.8 Å². The molecule has 0 radical (unpaired) electrons. The summed E-state index contributed by atoms with van der Waals surface area (Å²) in [4.78, 5) is 0. The highest BCUT2D eigenvalue weighted by Gasteiger charge is 2.18. The van der Waals surface area contributed by atoms with Gasteiger partial charge in [0.25, 0.3) is 0 Å². The van der Waals surface area contributed by atoms with Crippen LogP contribution in [-0.4, -0.2) is 13.7 Å². The summed E-state index contributed by atoms with van der Waals surface area (Å²) in [6.07, 6.45) is 7.97. The molecular formula is C12H20O. The van der Waals surface area contributed by atoms with Gasteiger partial charge in [-0.1, -0.05) is 39.0 Å². The predicted octanol–water partition coefficient (Wildman–Crippen LogP) is 3.18. The summed E-state index contributed by atoms with van der Waals surface area (Å²) in [5, 5.41) is 0. The lowest BCUT2D eigenvalue weighted by Gasteiger charge is -2.25. The molecule has 0 aromatic heterocycles. The molecule has 1 aliphatic rings. The molecule has 1 aliphatic carbocycles. The van der Waals surface area contributed by atoms with Crippen LogP contribution in [0.3, 0.4) is 0 Å².